The maximum Gasteiger partial charge on any atom is 0.248 e. The van der Waals surface area contributed by atoms with Crippen molar-refractivity contribution in [2.45, 2.75) is 71.0 Å². The Balaban J connectivity index is 2.22. The van der Waals surface area contributed by atoms with E-state index in [1.165, 1.54) is 25.7 Å². The zero-order valence-corrected chi connectivity index (χ0v) is 11.8. The van der Waals surface area contributed by atoms with E-state index in [0.29, 0.717) is 5.92 Å². The van der Waals surface area contributed by atoms with Crippen molar-refractivity contribution in [3.8, 4) is 0 Å². The zero-order chi connectivity index (χ0) is 13.5. The third-order valence-electron chi connectivity index (χ3n) is 4.52. The number of piperazine rings is 1. The van der Waals surface area contributed by atoms with E-state index in [1.807, 2.05) is 11.8 Å². The molecule has 0 spiro atoms. The van der Waals surface area contributed by atoms with Crippen molar-refractivity contribution in [3.05, 3.63) is 0 Å². The summed E-state index contributed by atoms with van der Waals surface area (Å²) in [6.07, 6.45) is 4.86. The molecule has 2 unspecified atom stereocenters. The van der Waals surface area contributed by atoms with Gasteiger partial charge in [0.2, 0.25) is 11.8 Å². The van der Waals surface area contributed by atoms with Gasteiger partial charge in [-0.3, -0.25) is 9.59 Å². The molecule has 2 amide bonds. The Hall–Kier alpha value is -1.06. The molecule has 1 heterocycles. The van der Waals surface area contributed by atoms with Gasteiger partial charge in [-0.25, -0.2) is 0 Å². The topological polar surface area (TPSA) is 49.4 Å². The number of carbonyl (C=O) groups is 2. The van der Waals surface area contributed by atoms with Crippen molar-refractivity contribution in [2.24, 2.45) is 5.92 Å². The summed E-state index contributed by atoms with van der Waals surface area (Å²) in [6, 6.07) is -0.179. The molecule has 18 heavy (non-hydrogen) atoms. The summed E-state index contributed by atoms with van der Waals surface area (Å²) in [7, 11) is 0. The summed E-state index contributed by atoms with van der Waals surface area (Å²) in [5, 5.41) is 2.80. The van der Waals surface area contributed by atoms with Crippen molar-refractivity contribution in [2.75, 3.05) is 0 Å². The third kappa shape index (κ3) is 2.13. The monoisotopic (exact) mass is 252 g/mol. The van der Waals surface area contributed by atoms with Crippen LogP contribution in [-0.4, -0.2) is 34.3 Å². The van der Waals surface area contributed by atoms with E-state index >= 15 is 0 Å². The Bertz CT molecular complexity index is 359. The lowest BCUT2D eigenvalue weighted by atomic mass is 9.91. The van der Waals surface area contributed by atoms with Gasteiger partial charge < -0.3 is 10.2 Å². The van der Waals surface area contributed by atoms with E-state index in [2.05, 4.69) is 12.2 Å². The van der Waals surface area contributed by atoms with Crippen molar-refractivity contribution in [1.82, 2.24) is 10.2 Å². The van der Waals surface area contributed by atoms with Crippen LogP contribution in [0.2, 0.25) is 0 Å². The second kappa shape index (κ2) is 4.56. The van der Waals surface area contributed by atoms with Gasteiger partial charge in [0, 0.05) is 6.04 Å². The van der Waals surface area contributed by atoms with Gasteiger partial charge in [-0.1, -0.05) is 12.8 Å². The van der Waals surface area contributed by atoms with E-state index in [0.717, 1.165) is 0 Å². The lowest BCUT2D eigenvalue weighted by Crippen LogP contribution is -2.69. The summed E-state index contributed by atoms with van der Waals surface area (Å²) in [5.41, 5.74) is -0.767. The molecule has 2 rings (SSSR count). The standard InChI is InChI=1S/C14H24N2O2/c1-9(11-7-5-6-8-11)16-10(2)12(17)15-14(3,4)13(16)18/h9-11H,5-8H2,1-4H3,(H,15,17). The number of hydrogen-bond acceptors (Lipinski definition) is 2. The lowest BCUT2D eigenvalue weighted by Gasteiger charge is -2.46. The molecule has 1 N–H and O–H groups in total. The Morgan fingerprint density at radius 2 is 1.83 bits per heavy atom. The molecule has 4 nitrogen and oxygen atoms in total. The van der Waals surface area contributed by atoms with Gasteiger partial charge in [0.15, 0.2) is 0 Å². The fourth-order valence-electron chi connectivity index (χ4n) is 3.30. The summed E-state index contributed by atoms with van der Waals surface area (Å²) in [4.78, 5) is 26.3. The highest BCUT2D eigenvalue weighted by Gasteiger charge is 2.46. The molecule has 102 valence electrons. The van der Waals surface area contributed by atoms with Gasteiger partial charge in [-0.15, -0.1) is 0 Å². The Morgan fingerprint density at radius 3 is 2.39 bits per heavy atom. The highest BCUT2D eigenvalue weighted by atomic mass is 16.2. The van der Waals surface area contributed by atoms with Crippen LogP contribution >= 0.6 is 0 Å². The molecule has 2 atom stereocenters. The van der Waals surface area contributed by atoms with E-state index in [9.17, 15) is 9.59 Å². The maximum atomic E-state index is 12.5. The summed E-state index contributed by atoms with van der Waals surface area (Å²) in [6.45, 7) is 7.49. The van der Waals surface area contributed by atoms with Gasteiger partial charge in [-0.2, -0.15) is 0 Å². The third-order valence-corrected chi connectivity index (χ3v) is 4.52. The average Bonchev–Trinajstić information content (AvgIpc) is 2.79. The predicted molar refractivity (Wildman–Crippen MR) is 69.9 cm³/mol. The molecule has 1 saturated carbocycles. The van der Waals surface area contributed by atoms with Gasteiger partial charge in [0.25, 0.3) is 0 Å². The molecule has 2 aliphatic rings. The second-order valence-corrected chi connectivity index (χ2v) is 6.29. The van der Waals surface area contributed by atoms with Gasteiger partial charge in [0.05, 0.1) is 0 Å². The highest BCUT2D eigenvalue weighted by molar-refractivity contribution is 5.99. The molecule has 0 aromatic heterocycles. The molecule has 4 heteroatoms. The quantitative estimate of drug-likeness (QED) is 0.813. The van der Waals surface area contributed by atoms with Gasteiger partial charge >= 0.3 is 0 Å². The molecule has 0 radical (unpaired) electrons. The molecule has 0 aromatic rings. The summed E-state index contributed by atoms with van der Waals surface area (Å²) >= 11 is 0. The number of hydrogen-bond donors (Lipinski definition) is 1. The highest BCUT2D eigenvalue weighted by Crippen LogP contribution is 2.33. The molecular weight excluding hydrogens is 228 g/mol. The zero-order valence-electron chi connectivity index (χ0n) is 11.8. The molecule has 1 aliphatic carbocycles. The number of nitrogens with zero attached hydrogens (tertiary/aromatic N) is 1. The van der Waals surface area contributed by atoms with Crippen LogP contribution < -0.4 is 5.32 Å². The number of amides is 2. The number of nitrogens with one attached hydrogen (secondary N) is 1. The summed E-state index contributed by atoms with van der Waals surface area (Å²) < 4.78 is 0. The van der Waals surface area contributed by atoms with Crippen LogP contribution in [0.3, 0.4) is 0 Å². The Morgan fingerprint density at radius 1 is 1.28 bits per heavy atom. The van der Waals surface area contributed by atoms with Crippen LogP contribution in [0.1, 0.15) is 53.4 Å². The minimum absolute atomic E-state index is 0.0375. The van der Waals surface area contributed by atoms with Crippen molar-refractivity contribution >= 4 is 11.8 Å². The minimum atomic E-state index is -0.767. The first-order valence-electron chi connectivity index (χ1n) is 6.99. The van der Waals surface area contributed by atoms with Crippen LogP contribution in [0.15, 0.2) is 0 Å². The fraction of sp³-hybridized carbons (Fsp3) is 0.857. The summed E-state index contributed by atoms with van der Waals surface area (Å²) in [5.74, 6) is 0.566. The van der Waals surface area contributed by atoms with Crippen LogP contribution in [0.5, 0.6) is 0 Å². The minimum Gasteiger partial charge on any atom is -0.340 e. The van der Waals surface area contributed by atoms with Crippen LogP contribution in [0, 0.1) is 5.92 Å². The molecule has 0 bridgehead atoms. The van der Waals surface area contributed by atoms with Gasteiger partial charge in [-0.05, 0) is 46.5 Å². The molecule has 1 saturated heterocycles. The van der Waals surface area contributed by atoms with Crippen LogP contribution in [-0.2, 0) is 9.59 Å². The molecular formula is C14H24N2O2. The second-order valence-electron chi connectivity index (χ2n) is 6.29. The number of carbonyl (C=O) groups excluding carboxylic acids is 2. The Labute approximate surface area is 109 Å². The van der Waals surface area contributed by atoms with Crippen molar-refractivity contribution in [1.29, 1.82) is 0 Å². The Kier molecular flexibility index (Phi) is 3.39. The van der Waals surface area contributed by atoms with Crippen LogP contribution in [0.4, 0.5) is 0 Å². The van der Waals surface area contributed by atoms with E-state index in [-0.39, 0.29) is 23.9 Å². The normalized spacial score (nSPS) is 30.4. The largest absolute Gasteiger partial charge is 0.340 e. The fourth-order valence-corrected chi connectivity index (χ4v) is 3.30. The lowest BCUT2D eigenvalue weighted by molar-refractivity contribution is -0.156. The van der Waals surface area contributed by atoms with E-state index in [4.69, 9.17) is 0 Å². The molecule has 2 fully saturated rings. The van der Waals surface area contributed by atoms with E-state index in [1.54, 1.807) is 13.8 Å². The first-order chi connectivity index (χ1) is 8.34. The van der Waals surface area contributed by atoms with Gasteiger partial charge in [0.1, 0.15) is 11.6 Å². The first-order valence-corrected chi connectivity index (χ1v) is 6.99. The van der Waals surface area contributed by atoms with Crippen LogP contribution in [0.25, 0.3) is 0 Å². The number of rotatable bonds is 2. The first kappa shape index (κ1) is 13.4. The van der Waals surface area contributed by atoms with E-state index < -0.39 is 5.54 Å². The smallest absolute Gasteiger partial charge is 0.248 e. The molecule has 1 aliphatic heterocycles. The van der Waals surface area contributed by atoms with Crippen molar-refractivity contribution in [3.63, 3.8) is 0 Å². The maximum absolute atomic E-state index is 12.5. The SMILES string of the molecule is CC1C(=O)NC(C)(C)C(=O)N1C(C)C1CCCC1. The predicted octanol–water partition coefficient (Wildman–Crippen LogP) is 1.69. The average molecular weight is 252 g/mol. The molecule has 0 aromatic carbocycles. The van der Waals surface area contributed by atoms with Crippen molar-refractivity contribution < 1.29 is 9.59 Å².